The molecule has 0 aliphatic carbocycles. The van der Waals surface area contributed by atoms with Gasteiger partial charge in [-0.25, -0.2) is 0 Å². The molecule has 0 saturated carbocycles. The van der Waals surface area contributed by atoms with Gasteiger partial charge in [-0.2, -0.15) is 0 Å². The van der Waals surface area contributed by atoms with Crippen molar-refractivity contribution < 1.29 is 0 Å². The van der Waals surface area contributed by atoms with E-state index in [4.69, 9.17) is 5.73 Å². The predicted octanol–water partition coefficient (Wildman–Crippen LogP) is 2.20. The molecule has 0 amide bonds. The minimum Gasteiger partial charge on any atom is -0.325 e. The van der Waals surface area contributed by atoms with Crippen molar-refractivity contribution in [2.24, 2.45) is 16.6 Å². The van der Waals surface area contributed by atoms with Crippen LogP contribution in [0.5, 0.6) is 0 Å². The Labute approximate surface area is 97.8 Å². The van der Waals surface area contributed by atoms with Crippen molar-refractivity contribution in [3.8, 4) is 0 Å². The molecule has 1 heterocycles. The molecule has 0 aliphatic rings. The molecule has 3 nitrogen and oxygen atoms in total. The lowest BCUT2D eigenvalue weighted by molar-refractivity contribution is 0.664. The maximum Gasteiger partial charge on any atom is 0.0539 e. The zero-order valence-electron chi connectivity index (χ0n) is 10.4. The van der Waals surface area contributed by atoms with Crippen LogP contribution in [0.3, 0.4) is 0 Å². The van der Waals surface area contributed by atoms with Crippen LogP contribution in [-0.4, -0.2) is 17.2 Å². The molecule has 16 heavy (non-hydrogen) atoms. The quantitative estimate of drug-likeness (QED) is 0.772. The number of hydrogen-bond acceptors (Lipinski definition) is 3. The number of nitrogens with two attached hydrogens (primary N) is 1. The highest BCUT2D eigenvalue weighted by Gasteiger charge is 1.98. The molecule has 0 aromatic carbocycles. The molecule has 0 atom stereocenters. The summed E-state index contributed by atoms with van der Waals surface area (Å²) < 4.78 is 0. The molecular formula is C13H21N3. The predicted molar refractivity (Wildman–Crippen MR) is 68.6 cm³/mol. The fourth-order valence-corrected chi connectivity index (χ4v) is 1.37. The van der Waals surface area contributed by atoms with Gasteiger partial charge in [0.2, 0.25) is 0 Å². The smallest absolute Gasteiger partial charge is 0.0539 e. The van der Waals surface area contributed by atoms with Gasteiger partial charge in [0.05, 0.1) is 5.69 Å². The molecule has 0 radical (unpaired) electrons. The van der Waals surface area contributed by atoms with Crippen molar-refractivity contribution in [2.45, 2.75) is 33.7 Å². The van der Waals surface area contributed by atoms with Gasteiger partial charge < -0.3 is 5.73 Å². The summed E-state index contributed by atoms with van der Waals surface area (Å²) in [4.78, 5) is 8.79. The maximum atomic E-state index is 5.50. The monoisotopic (exact) mass is 219 g/mol. The summed E-state index contributed by atoms with van der Waals surface area (Å²) in [6.07, 6.45) is 2.77. The van der Waals surface area contributed by atoms with Gasteiger partial charge in [-0.3, -0.25) is 9.98 Å². The Morgan fingerprint density at radius 3 is 2.69 bits per heavy atom. The van der Waals surface area contributed by atoms with Crippen LogP contribution in [0.2, 0.25) is 0 Å². The summed E-state index contributed by atoms with van der Waals surface area (Å²) in [6.45, 7) is 7.82. The normalized spacial score (nSPS) is 12.2. The second-order valence-corrected chi connectivity index (χ2v) is 4.51. The van der Waals surface area contributed by atoms with Crippen LogP contribution in [0, 0.1) is 5.92 Å². The first-order valence-electron chi connectivity index (χ1n) is 5.75. The van der Waals surface area contributed by atoms with Crippen LogP contribution in [0.4, 0.5) is 0 Å². The average Bonchev–Trinajstić information content (AvgIpc) is 2.27. The SMILES string of the molecule is C/C(Cc1ccc(CN)nc1)=N/CC(C)C. The maximum absolute atomic E-state index is 5.50. The average molecular weight is 219 g/mol. The van der Waals surface area contributed by atoms with E-state index in [2.05, 4.69) is 36.8 Å². The first-order valence-corrected chi connectivity index (χ1v) is 5.75. The minimum atomic E-state index is 0.501. The van der Waals surface area contributed by atoms with Gasteiger partial charge in [-0.15, -0.1) is 0 Å². The Kier molecular flexibility index (Phi) is 5.12. The summed E-state index contributed by atoms with van der Waals surface area (Å²) in [6, 6.07) is 4.05. The lowest BCUT2D eigenvalue weighted by Crippen LogP contribution is -2.04. The van der Waals surface area contributed by atoms with Crippen LogP contribution >= 0.6 is 0 Å². The van der Waals surface area contributed by atoms with E-state index in [0.717, 1.165) is 24.4 Å². The van der Waals surface area contributed by atoms with E-state index in [1.807, 2.05) is 12.3 Å². The van der Waals surface area contributed by atoms with Gasteiger partial charge in [0.25, 0.3) is 0 Å². The molecule has 0 saturated heterocycles. The highest BCUT2D eigenvalue weighted by atomic mass is 14.7. The van der Waals surface area contributed by atoms with Gasteiger partial charge in [-0.05, 0) is 24.5 Å². The molecule has 0 bridgehead atoms. The molecule has 0 unspecified atom stereocenters. The lowest BCUT2D eigenvalue weighted by atomic mass is 10.1. The van der Waals surface area contributed by atoms with Gasteiger partial charge in [0.1, 0.15) is 0 Å². The van der Waals surface area contributed by atoms with Crippen molar-refractivity contribution in [1.29, 1.82) is 0 Å². The first-order chi connectivity index (χ1) is 7.61. The summed E-state index contributed by atoms with van der Waals surface area (Å²) in [7, 11) is 0. The lowest BCUT2D eigenvalue weighted by Gasteiger charge is -2.04. The molecule has 3 heteroatoms. The first kappa shape index (κ1) is 12.8. The third kappa shape index (κ3) is 4.53. The third-order valence-electron chi connectivity index (χ3n) is 2.28. The highest BCUT2D eigenvalue weighted by Crippen LogP contribution is 2.03. The van der Waals surface area contributed by atoms with Gasteiger partial charge in [0.15, 0.2) is 0 Å². The van der Waals surface area contributed by atoms with Crippen molar-refractivity contribution in [1.82, 2.24) is 4.98 Å². The van der Waals surface area contributed by atoms with Crippen LogP contribution in [-0.2, 0) is 13.0 Å². The Hall–Kier alpha value is -1.22. The molecule has 2 N–H and O–H groups in total. The van der Waals surface area contributed by atoms with Crippen molar-refractivity contribution in [2.75, 3.05) is 6.54 Å². The molecule has 88 valence electrons. The highest BCUT2D eigenvalue weighted by molar-refractivity contribution is 5.84. The second kappa shape index (κ2) is 6.38. The van der Waals surface area contributed by atoms with Crippen molar-refractivity contribution >= 4 is 5.71 Å². The van der Waals surface area contributed by atoms with E-state index < -0.39 is 0 Å². The van der Waals surface area contributed by atoms with Crippen LogP contribution in [0.25, 0.3) is 0 Å². The number of aromatic nitrogens is 1. The fraction of sp³-hybridized carbons (Fsp3) is 0.538. The van der Waals surface area contributed by atoms with Crippen LogP contribution in [0.1, 0.15) is 32.0 Å². The fourth-order valence-electron chi connectivity index (χ4n) is 1.37. The number of nitrogens with zero attached hydrogens (tertiary/aromatic N) is 2. The molecule has 1 aromatic rings. The second-order valence-electron chi connectivity index (χ2n) is 4.51. The summed E-state index contributed by atoms with van der Waals surface area (Å²) in [5.74, 6) is 0.618. The van der Waals surface area contributed by atoms with E-state index >= 15 is 0 Å². The standard InChI is InChI=1S/C13H21N3/c1-10(2)8-15-11(3)6-12-4-5-13(7-14)16-9-12/h4-5,9-10H,6-8,14H2,1-3H3/b15-11-. The molecule has 0 aliphatic heterocycles. The van der Waals surface area contributed by atoms with E-state index in [1.165, 1.54) is 5.56 Å². The Morgan fingerprint density at radius 1 is 1.44 bits per heavy atom. The van der Waals surface area contributed by atoms with E-state index in [9.17, 15) is 0 Å². The summed E-state index contributed by atoms with van der Waals surface area (Å²) in [5.41, 5.74) is 8.79. The summed E-state index contributed by atoms with van der Waals surface area (Å²) in [5, 5.41) is 0. The summed E-state index contributed by atoms with van der Waals surface area (Å²) >= 11 is 0. The molecule has 0 spiro atoms. The molecule has 1 aromatic heterocycles. The Bertz CT molecular complexity index is 339. The molecular weight excluding hydrogens is 198 g/mol. The topological polar surface area (TPSA) is 51.3 Å². The van der Waals surface area contributed by atoms with Crippen LogP contribution in [0.15, 0.2) is 23.3 Å². The Balaban J connectivity index is 2.55. The van der Waals surface area contributed by atoms with Crippen molar-refractivity contribution in [3.05, 3.63) is 29.6 Å². The zero-order valence-corrected chi connectivity index (χ0v) is 10.4. The van der Waals surface area contributed by atoms with E-state index in [1.54, 1.807) is 0 Å². The zero-order chi connectivity index (χ0) is 12.0. The largest absolute Gasteiger partial charge is 0.325 e. The number of aliphatic imine (C=N–C) groups is 1. The third-order valence-corrected chi connectivity index (χ3v) is 2.28. The Morgan fingerprint density at radius 2 is 2.19 bits per heavy atom. The van der Waals surface area contributed by atoms with Crippen molar-refractivity contribution in [3.63, 3.8) is 0 Å². The number of pyridine rings is 1. The number of rotatable bonds is 5. The van der Waals surface area contributed by atoms with Gasteiger partial charge >= 0.3 is 0 Å². The molecule has 0 fully saturated rings. The molecule has 1 rings (SSSR count). The van der Waals surface area contributed by atoms with E-state index in [0.29, 0.717) is 12.5 Å². The number of hydrogen-bond donors (Lipinski definition) is 1. The van der Waals surface area contributed by atoms with Gasteiger partial charge in [-0.1, -0.05) is 19.9 Å². The van der Waals surface area contributed by atoms with E-state index in [-0.39, 0.29) is 0 Å². The van der Waals surface area contributed by atoms with Gasteiger partial charge in [0, 0.05) is 31.4 Å². The van der Waals surface area contributed by atoms with Crippen LogP contribution < -0.4 is 5.73 Å². The minimum absolute atomic E-state index is 0.501.